The smallest absolute Gasteiger partial charge is 0.176 e. The summed E-state index contributed by atoms with van der Waals surface area (Å²) < 4.78 is 17.8. The van der Waals surface area contributed by atoms with Crippen LogP contribution in [-0.2, 0) is 11.0 Å². The van der Waals surface area contributed by atoms with Gasteiger partial charge < -0.3 is 9.12 Å². The van der Waals surface area contributed by atoms with Crippen molar-refractivity contribution in [1.82, 2.24) is 4.40 Å². The molecule has 1 aromatic carbocycles. The first kappa shape index (κ1) is 29.8. The number of carbonyl (C=O) groups excluding carboxylic acids is 1. The summed E-state index contributed by atoms with van der Waals surface area (Å²) in [7, 11) is -1.54. The number of aromatic nitrogens is 1. The van der Waals surface area contributed by atoms with Gasteiger partial charge in [-0.25, -0.2) is 4.21 Å². The first-order valence-corrected chi connectivity index (χ1v) is 12.4. The van der Waals surface area contributed by atoms with Crippen LogP contribution in [0.2, 0.25) is 0 Å². The van der Waals surface area contributed by atoms with E-state index < -0.39 is 11.0 Å². The Morgan fingerprint density at radius 3 is 2.15 bits per heavy atom. The third-order valence-corrected chi connectivity index (χ3v) is 5.17. The molecule has 0 radical (unpaired) electrons. The van der Waals surface area contributed by atoms with Crippen molar-refractivity contribution in [2.24, 2.45) is 4.99 Å². The first-order chi connectivity index (χ1) is 16.1. The molecule has 0 saturated carbocycles. The first-order valence-electron chi connectivity index (χ1n) is 11.2. The van der Waals surface area contributed by atoms with Gasteiger partial charge in [0.2, 0.25) is 0 Å². The van der Waals surface area contributed by atoms with E-state index in [1.807, 2.05) is 71.9 Å². The average molecular weight is 468 g/mol. The number of hydrogen-bond donors (Lipinski definition) is 1. The van der Waals surface area contributed by atoms with E-state index in [9.17, 15) is 9.00 Å². The quantitative estimate of drug-likeness (QED) is 0.221. The SMILES string of the molecule is C=C/C=C(\N=C)c1cc(C(C)=O)n2cccc(S(=O)Nc3ccccc3)c12.CC.CC.CC. The second kappa shape index (κ2) is 16.4. The van der Waals surface area contributed by atoms with Crippen molar-refractivity contribution in [2.75, 3.05) is 4.72 Å². The molecule has 0 bridgehead atoms. The van der Waals surface area contributed by atoms with Crippen molar-refractivity contribution in [1.29, 1.82) is 0 Å². The molecule has 1 atom stereocenters. The summed E-state index contributed by atoms with van der Waals surface area (Å²) >= 11 is 0. The van der Waals surface area contributed by atoms with Gasteiger partial charge >= 0.3 is 0 Å². The lowest BCUT2D eigenvalue weighted by Crippen LogP contribution is -2.07. The van der Waals surface area contributed by atoms with Crippen LogP contribution in [0.3, 0.4) is 0 Å². The second-order valence-corrected chi connectivity index (χ2v) is 6.95. The molecule has 33 heavy (non-hydrogen) atoms. The molecule has 3 rings (SSSR count). The van der Waals surface area contributed by atoms with E-state index in [1.54, 1.807) is 40.9 Å². The Morgan fingerprint density at radius 1 is 1.03 bits per heavy atom. The minimum atomic E-state index is -1.54. The molecule has 0 aliphatic rings. The Labute approximate surface area is 201 Å². The molecule has 0 aliphatic heterocycles. The maximum Gasteiger partial charge on any atom is 0.176 e. The zero-order valence-electron chi connectivity index (χ0n) is 20.9. The van der Waals surface area contributed by atoms with Crippen LogP contribution in [0, 0.1) is 0 Å². The Morgan fingerprint density at radius 2 is 1.64 bits per heavy atom. The minimum absolute atomic E-state index is 0.0998. The molecule has 1 N–H and O–H groups in total. The summed E-state index contributed by atoms with van der Waals surface area (Å²) in [6, 6.07) is 14.6. The van der Waals surface area contributed by atoms with Gasteiger partial charge in [0.25, 0.3) is 0 Å². The summed E-state index contributed by atoms with van der Waals surface area (Å²) in [5.74, 6) is -0.0998. The summed E-state index contributed by atoms with van der Waals surface area (Å²) in [4.78, 5) is 16.7. The van der Waals surface area contributed by atoms with Crippen LogP contribution >= 0.6 is 0 Å². The van der Waals surface area contributed by atoms with Crippen molar-refractivity contribution in [2.45, 2.75) is 53.4 Å². The van der Waals surface area contributed by atoms with Gasteiger partial charge in [0.15, 0.2) is 16.8 Å². The number of allylic oxidation sites excluding steroid dienone is 2. The van der Waals surface area contributed by atoms with Gasteiger partial charge in [-0.2, -0.15) is 0 Å². The topological polar surface area (TPSA) is 62.9 Å². The van der Waals surface area contributed by atoms with Crippen LogP contribution in [0.25, 0.3) is 11.2 Å². The molecule has 2 aromatic heterocycles. The molecule has 5 nitrogen and oxygen atoms in total. The highest BCUT2D eigenvalue weighted by Crippen LogP contribution is 2.30. The highest BCUT2D eigenvalue weighted by Gasteiger charge is 2.20. The van der Waals surface area contributed by atoms with Crippen LogP contribution in [-0.4, -0.2) is 21.1 Å². The van der Waals surface area contributed by atoms with Crippen molar-refractivity contribution < 1.29 is 9.00 Å². The van der Waals surface area contributed by atoms with Crippen molar-refractivity contribution in [3.63, 3.8) is 0 Å². The van der Waals surface area contributed by atoms with Crippen LogP contribution in [0.5, 0.6) is 0 Å². The van der Waals surface area contributed by atoms with Crippen LogP contribution in [0.1, 0.15) is 64.5 Å². The van der Waals surface area contributed by atoms with Crippen molar-refractivity contribution in [3.05, 3.63) is 84.7 Å². The van der Waals surface area contributed by atoms with Crippen molar-refractivity contribution in [3.8, 4) is 0 Å². The van der Waals surface area contributed by atoms with Gasteiger partial charge in [-0.05, 0) is 43.1 Å². The van der Waals surface area contributed by atoms with Crippen LogP contribution in [0.4, 0.5) is 5.69 Å². The fraction of sp³-hybridized carbons (Fsp3) is 0.259. The Hall–Kier alpha value is -3.25. The molecule has 0 aliphatic carbocycles. The fourth-order valence-corrected chi connectivity index (χ4v) is 3.90. The molecular formula is C27H37N3O2S. The monoisotopic (exact) mass is 467 g/mol. The maximum absolute atomic E-state index is 13.0. The Kier molecular flexibility index (Phi) is 14.8. The summed E-state index contributed by atoms with van der Waals surface area (Å²) in [5, 5.41) is 0. The Balaban J connectivity index is 0.00000158. The van der Waals surface area contributed by atoms with Gasteiger partial charge in [0, 0.05) is 24.4 Å². The molecule has 0 fully saturated rings. The maximum atomic E-state index is 13.0. The zero-order chi connectivity index (χ0) is 25.4. The average Bonchev–Trinajstić information content (AvgIpc) is 3.27. The standard InChI is InChI=1S/C21H19N3O2S.3C2H6/c1-4-9-18(22-3)17-14-19(15(2)25)24-13-8-12-20(21(17)24)27(26)23-16-10-6-5-7-11-16;3*1-2/h4-14,23H,1,3H2,2H3;3*1-2H3/b18-9-;;;. The van der Waals surface area contributed by atoms with Gasteiger partial charge in [-0.1, -0.05) is 72.4 Å². The Bertz CT molecular complexity index is 1080. The number of fused-ring (bicyclic) bond motifs is 1. The molecule has 0 amide bonds. The highest BCUT2D eigenvalue weighted by molar-refractivity contribution is 7.86. The van der Waals surface area contributed by atoms with Gasteiger partial charge in [0.05, 0.1) is 21.8 Å². The zero-order valence-corrected chi connectivity index (χ0v) is 21.7. The molecular weight excluding hydrogens is 430 g/mol. The number of pyridine rings is 1. The predicted octanol–water partition coefficient (Wildman–Crippen LogP) is 7.58. The van der Waals surface area contributed by atoms with E-state index >= 15 is 0 Å². The molecule has 2 heterocycles. The number of nitrogens with zero attached hydrogens (tertiary/aromatic N) is 2. The highest BCUT2D eigenvalue weighted by atomic mass is 32.2. The number of Topliss-reactive ketones (excluding diaryl/α,β-unsaturated/α-hetero) is 1. The van der Waals surface area contributed by atoms with Gasteiger partial charge in [-0.3, -0.25) is 9.79 Å². The molecule has 1 unspecified atom stereocenters. The fourth-order valence-electron chi connectivity index (χ4n) is 2.85. The number of hydrogen-bond acceptors (Lipinski definition) is 3. The number of aliphatic imine (C=N–C) groups is 1. The van der Waals surface area contributed by atoms with Gasteiger partial charge in [-0.15, -0.1) is 0 Å². The molecule has 0 saturated heterocycles. The summed E-state index contributed by atoms with van der Waals surface area (Å²) in [6.07, 6.45) is 5.08. The normalized spacial score (nSPS) is 10.8. The lowest BCUT2D eigenvalue weighted by atomic mass is 10.1. The number of ketones is 1. The van der Waals surface area contributed by atoms with E-state index in [0.29, 0.717) is 27.4 Å². The van der Waals surface area contributed by atoms with E-state index in [1.165, 1.54) is 6.92 Å². The number of para-hydroxylation sites is 1. The van der Waals surface area contributed by atoms with E-state index in [4.69, 9.17) is 0 Å². The number of nitrogens with one attached hydrogen (secondary N) is 1. The lowest BCUT2D eigenvalue weighted by molar-refractivity contribution is 0.101. The second-order valence-electron chi connectivity index (χ2n) is 5.77. The van der Waals surface area contributed by atoms with Gasteiger partial charge in [0.1, 0.15) is 0 Å². The van der Waals surface area contributed by atoms with Crippen LogP contribution in [0.15, 0.2) is 83.3 Å². The molecule has 178 valence electrons. The molecule has 0 spiro atoms. The predicted molar refractivity (Wildman–Crippen MR) is 146 cm³/mol. The number of anilines is 1. The molecule has 3 aromatic rings. The van der Waals surface area contributed by atoms with Crippen LogP contribution < -0.4 is 4.72 Å². The number of benzene rings is 1. The third-order valence-electron chi connectivity index (χ3n) is 4.02. The van der Waals surface area contributed by atoms with E-state index in [2.05, 4.69) is 23.0 Å². The minimum Gasteiger partial charge on any atom is -0.312 e. The summed E-state index contributed by atoms with van der Waals surface area (Å²) in [6.45, 7) is 20.8. The number of carbonyl (C=O) groups is 1. The van der Waals surface area contributed by atoms with Crippen molar-refractivity contribution >= 4 is 40.4 Å². The largest absolute Gasteiger partial charge is 0.312 e. The molecule has 6 heteroatoms. The van der Waals surface area contributed by atoms with E-state index in [0.717, 1.165) is 5.69 Å². The third kappa shape index (κ3) is 7.68. The summed E-state index contributed by atoms with van der Waals surface area (Å²) in [5.41, 5.74) is 3.09. The van der Waals surface area contributed by atoms with E-state index in [-0.39, 0.29) is 5.78 Å². The lowest BCUT2D eigenvalue weighted by Gasteiger charge is -2.10. The number of rotatable bonds is 7.